The van der Waals surface area contributed by atoms with E-state index in [0.29, 0.717) is 5.69 Å². The van der Waals surface area contributed by atoms with Gasteiger partial charge in [0.05, 0.1) is 17.4 Å². The van der Waals surface area contributed by atoms with Crippen LogP contribution in [0.5, 0.6) is 0 Å². The highest BCUT2D eigenvalue weighted by Crippen LogP contribution is 2.15. The third-order valence-corrected chi connectivity index (χ3v) is 3.83. The van der Waals surface area contributed by atoms with E-state index in [-0.39, 0.29) is 23.5 Å². The minimum atomic E-state index is -0.313. The zero-order valence-corrected chi connectivity index (χ0v) is 13.4. The molecule has 0 radical (unpaired) electrons. The van der Waals surface area contributed by atoms with Crippen molar-refractivity contribution in [3.63, 3.8) is 0 Å². The van der Waals surface area contributed by atoms with Crippen LogP contribution in [-0.4, -0.2) is 20.9 Å². The van der Waals surface area contributed by atoms with Crippen LogP contribution in [0.15, 0.2) is 54.6 Å². The highest BCUT2D eigenvalue weighted by Gasteiger charge is 2.19. The van der Waals surface area contributed by atoms with Crippen molar-refractivity contribution in [2.75, 3.05) is 0 Å². The number of aromatic nitrogens is 3. The van der Waals surface area contributed by atoms with Crippen molar-refractivity contribution in [1.29, 1.82) is 0 Å². The largest absolute Gasteiger partial charge is 0.344 e. The summed E-state index contributed by atoms with van der Waals surface area (Å²) < 4.78 is 14.6. The predicted molar refractivity (Wildman–Crippen MR) is 88.4 cm³/mol. The van der Waals surface area contributed by atoms with E-state index in [9.17, 15) is 9.18 Å². The summed E-state index contributed by atoms with van der Waals surface area (Å²) in [5.74, 6) is -0.620. The maximum atomic E-state index is 13.0. The molecule has 0 aliphatic rings. The highest BCUT2D eigenvalue weighted by molar-refractivity contribution is 5.93. The molecule has 0 spiro atoms. The lowest BCUT2D eigenvalue weighted by molar-refractivity contribution is 0.0934. The van der Waals surface area contributed by atoms with Gasteiger partial charge in [-0.3, -0.25) is 4.79 Å². The molecule has 122 valence electrons. The lowest BCUT2D eigenvalue weighted by Gasteiger charge is -2.13. The van der Waals surface area contributed by atoms with Crippen LogP contribution in [0, 0.1) is 12.7 Å². The first-order valence-electron chi connectivity index (χ1n) is 7.60. The number of para-hydroxylation sites is 1. The molecule has 1 atom stereocenters. The van der Waals surface area contributed by atoms with E-state index in [1.165, 1.54) is 12.1 Å². The predicted octanol–water partition coefficient (Wildman–Crippen LogP) is 3.21. The fraction of sp³-hybridized carbons (Fsp3) is 0.167. The smallest absolute Gasteiger partial charge is 0.274 e. The Morgan fingerprint density at radius 3 is 2.46 bits per heavy atom. The second-order valence-corrected chi connectivity index (χ2v) is 5.52. The summed E-state index contributed by atoms with van der Waals surface area (Å²) in [5, 5.41) is 10.9. The van der Waals surface area contributed by atoms with Gasteiger partial charge in [-0.1, -0.05) is 35.5 Å². The minimum absolute atomic E-state index is 0.264. The van der Waals surface area contributed by atoms with Gasteiger partial charge in [0.25, 0.3) is 5.91 Å². The molecule has 0 bridgehead atoms. The molecule has 6 heteroatoms. The summed E-state index contributed by atoms with van der Waals surface area (Å²) >= 11 is 0. The molecular weight excluding hydrogens is 307 g/mol. The second-order valence-electron chi connectivity index (χ2n) is 5.52. The van der Waals surface area contributed by atoms with Gasteiger partial charge in [-0.05, 0) is 43.7 Å². The van der Waals surface area contributed by atoms with Crippen LogP contribution in [0.1, 0.15) is 34.7 Å². The van der Waals surface area contributed by atoms with Crippen molar-refractivity contribution in [2.24, 2.45) is 0 Å². The Hall–Kier alpha value is -3.02. The Labute approximate surface area is 139 Å². The fourth-order valence-electron chi connectivity index (χ4n) is 2.45. The van der Waals surface area contributed by atoms with Crippen LogP contribution in [0.25, 0.3) is 5.69 Å². The van der Waals surface area contributed by atoms with Gasteiger partial charge in [-0.2, -0.15) is 0 Å². The van der Waals surface area contributed by atoms with Crippen molar-refractivity contribution in [2.45, 2.75) is 19.9 Å². The molecule has 1 amide bonds. The number of amides is 1. The van der Waals surface area contributed by atoms with Crippen LogP contribution in [0.3, 0.4) is 0 Å². The van der Waals surface area contributed by atoms with Crippen LogP contribution >= 0.6 is 0 Å². The van der Waals surface area contributed by atoms with Crippen LogP contribution in [0.2, 0.25) is 0 Å². The second kappa shape index (κ2) is 6.62. The van der Waals surface area contributed by atoms with Crippen molar-refractivity contribution in [3.8, 4) is 5.69 Å². The van der Waals surface area contributed by atoms with Crippen LogP contribution in [-0.2, 0) is 0 Å². The molecular formula is C18H17FN4O. The first-order valence-corrected chi connectivity index (χ1v) is 7.60. The lowest BCUT2D eigenvalue weighted by Crippen LogP contribution is -2.27. The maximum absolute atomic E-state index is 13.0. The summed E-state index contributed by atoms with van der Waals surface area (Å²) in [6.07, 6.45) is 0. The summed E-state index contributed by atoms with van der Waals surface area (Å²) in [6.45, 7) is 3.63. The fourth-order valence-corrected chi connectivity index (χ4v) is 2.45. The van der Waals surface area contributed by atoms with Gasteiger partial charge < -0.3 is 5.32 Å². The topological polar surface area (TPSA) is 59.8 Å². The molecule has 5 nitrogen and oxygen atoms in total. The quantitative estimate of drug-likeness (QED) is 0.802. The van der Waals surface area contributed by atoms with Crippen LogP contribution in [0.4, 0.5) is 4.39 Å². The summed E-state index contributed by atoms with van der Waals surface area (Å²) in [6, 6.07) is 15.3. The van der Waals surface area contributed by atoms with Crippen molar-refractivity contribution in [3.05, 3.63) is 77.4 Å². The highest BCUT2D eigenvalue weighted by atomic mass is 19.1. The molecule has 0 aliphatic carbocycles. The molecule has 0 saturated carbocycles. The molecule has 2 aromatic carbocycles. The van der Waals surface area contributed by atoms with Crippen molar-refractivity contribution < 1.29 is 9.18 Å². The van der Waals surface area contributed by atoms with E-state index in [1.54, 1.807) is 23.7 Å². The summed E-state index contributed by atoms with van der Waals surface area (Å²) in [5.41, 5.74) is 2.59. The molecule has 24 heavy (non-hydrogen) atoms. The van der Waals surface area contributed by atoms with E-state index >= 15 is 0 Å². The summed E-state index contributed by atoms with van der Waals surface area (Å²) in [7, 11) is 0. The number of halogens is 1. The van der Waals surface area contributed by atoms with Crippen molar-refractivity contribution in [1.82, 2.24) is 20.3 Å². The van der Waals surface area contributed by atoms with Gasteiger partial charge in [0.1, 0.15) is 5.82 Å². The first-order chi connectivity index (χ1) is 11.6. The number of nitrogens with zero attached hydrogens (tertiary/aromatic N) is 3. The number of benzene rings is 2. The van der Waals surface area contributed by atoms with Crippen molar-refractivity contribution >= 4 is 5.91 Å². The van der Waals surface area contributed by atoms with E-state index in [4.69, 9.17) is 0 Å². The van der Waals surface area contributed by atoms with E-state index in [0.717, 1.165) is 11.3 Å². The number of hydrogen-bond acceptors (Lipinski definition) is 3. The van der Waals surface area contributed by atoms with E-state index in [2.05, 4.69) is 15.6 Å². The third-order valence-electron chi connectivity index (χ3n) is 3.83. The van der Waals surface area contributed by atoms with Gasteiger partial charge >= 0.3 is 0 Å². The molecule has 0 unspecified atom stereocenters. The third kappa shape index (κ3) is 3.17. The molecule has 0 aliphatic heterocycles. The molecule has 0 fully saturated rings. The lowest BCUT2D eigenvalue weighted by atomic mass is 10.1. The molecule has 1 aromatic heterocycles. The average molecular weight is 324 g/mol. The molecule has 3 rings (SSSR count). The van der Waals surface area contributed by atoms with Gasteiger partial charge in [-0.15, -0.1) is 5.10 Å². The molecule has 1 N–H and O–H groups in total. The van der Waals surface area contributed by atoms with Gasteiger partial charge in [0, 0.05) is 0 Å². The van der Waals surface area contributed by atoms with Crippen LogP contribution < -0.4 is 5.32 Å². The number of rotatable bonds is 4. The average Bonchev–Trinajstić information content (AvgIpc) is 2.98. The Morgan fingerprint density at radius 1 is 1.12 bits per heavy atom. The summed E-state index contributed by atoms with van der Waals surface area (Å²) in [4.78, 5) is 12.5. The number of nitrogens with one attached hydrogen (secondary N) is 1. The number of carbonyl (C=O) groups excluding carboxylic acids is 1. The molecule has 0 saturated heterocycles. The zero-order valence-electron chi connectivity index (χ0n) is 13.4. The standard InChI is InChI=1S/C18H17FN4O/c1-12(14-8-10-15(19)11-9-14)20-18(24)17-13(2)23(22-21-17)16-6-4-3-5-7-16/h3-12H,1-2H3,(H,20,24)/t12-/m0/s1. The number of carbonyl (C=O) groups is 1. The minimum Gasteiger partial charge on any atom is -0.344 e. The Morgan fingerprint density at radius 2 is 1.79 bits per heavy atom. The maximum Gasteiger partial charge on any atom is 0.274 e. The Kier molecular flexibility index (Phi) is 4.37. The Bertz CT molecular complexity index is 843. The first kappa shape index (κ1) is 15.9. The van der Waals surface area contributed by atoms with Gasteiger partial charge in [0.2, 0.25) is 0 Å². The van der Waals surface area contributed by atoms with Gasteiger partial charge in [0.15, 0.2) is 5.69 Å². The monoisotopic (exact) mass is 324 g/mol. The SMILES string of the molecule is Cc1c(C(=O)N[C@@H](C)c2ccc(F)cc2)nnn1-c1ccccc1. The van der Waals surface area contributed by atoms with E-state index in [1.807, 2.05) is 37.3 Å². The normalized spacial score (nSPS) is 12.0. The molecule has 1 heterocycles. The molecule has 3 aromatic rings. The van der Waals surface area contributed by atoms with Gasteiger partial charge in [-0.25, -0.2) is 9.07 Å². The Balaban J connectivity index is 1.78. The zero-order chi connectivity index (χ0) is 17.1. The number of hydrogen-bond donors (Lipinski definition) is 1. The van der Waals surface area contributed by atoms with E-state index < -0.39 is 0 Å².